The molecule has 3 aromatic heterocycles. The van der Waals surface area contributed by atoms with Crippen LogP contribution in [0.25, 0.3) is 11.3 Å². The molecule has 0 bridgehead atoms. The van der Waals surface area contributed by atoms with E-state index in [-0.39, 0.29) is 12.2 Å². The third-order valence-corrected chi connectivity index (χ3v) is 3.24. The molecule has 0 fully saturated rings. The summed E-state index contributed by atoms with van der Waals surface area (Å²) in [7, 11) is 1.82. The second-order valence-electron chi connectivity index (χ2n) is 5.07. The first-order chi connectivity index (χ1) is 12.2. The van der Waals surface area contributed by atoms with Crippen LogP contribution in [0, 0.1) is 11.3 Å². The smallest absolute Gasteiger partial charge is 0.270 e. The van der Waals surface area contributed by atoms with Crippen molar-refractivity contribution in [1.82, 2.24) is 30.0 Å². The Labute approximate surface area is 143 Å². The van der Waals surface area contributed by atoms with E-state index < -0.39 is 5.91 Å². The van der Waals surface area contributed by atoms with Gasteiger partial charge in [0.25, 0.3) is 5.91 Å². The van der Waals surface area contributed by atoms with Gasteiger partial charge in [-0.1, -0.05) is 0 Å². The number of anilines is 2. The molecule has 0 saturated heterocycles. The minimum absolute atomic E-state index is 0.0580. The van der Waals surface area contributed by atoms with E-state index >= 15 is 0 Å². The van der Waals surface area contributed by atoms with Crippen molar-refractivity contribution in [3.8, 4) is 17.3 Å². The number of aryl methyl sites for hydroxylation is 1. The number of pyridine rings is 1. The van der Waals surface area contributed by atoms with E-state index in [1.165, 1.54) is 0 Å². The monoisotopic (exact) mass is 334 g/mol. The summed E-state index contributed by atoms with van der Waals surface area (Å²) in [6.07, 6.45) is 6.67. The van der Waals surface area contributed by atoms with Gasteiger partial charge in [0.2, 0.25) is 5.95 Å². The fourth-order valence-corrected chi connectivity index (χ4v) is 2.08. The van der Waals surface area contributed by atoms with E-state index in [4.69, 9.17) is 5.26 Å². The average molecular weight is 334 g/mol. The van der Waals surface area contributed by atoms with Gasteiger partial charge in [0.05, 0.1) is 23.6 Å². The Morgan fingerprint density at radius 3 is 2.84 bits per heavy atom. The molecular formula is C16H14N8O. The highest BCUT2D eigenvalue weighted by atomic mass is 16.1. The first-order valence-electron chi connectivity index (χ1n) is 7.36. The lowest BCUT2D eigenvalue weighted by Crippen LogP contribution is -2.24. The van der Waals surface area contributed by atoms with E-state index in [0.717, 1.165) is 11.3 Å². The van der Waals surface area contributed by atoms with Gasteiger partial charge < -0.3 is 10.6 Å². The van der Waals surface area contributed by atoms with Crippen LogP contribution in [-0.4, -0.2) is 37.2 Å². The zero-order chi connectivity index (χ0) is 17.6. The third kappa shape index (κ3) is 3.94. The van der Waals surface area contributed by atoms with E-state index in [9.17, 15) is 4.79 Å². The molecule has 124 valence electrons. The summed E-state index contributed by atoms with van der Waals surface area (Å²) in [4.78, 5) is 24.5. The maximum atomic E-state index is 11.7. The van der Waals surface area contributed by atoms with Crippen LogP contribution in [0.5, 0.6) is 0 Å². The molecular weight excluding hydrogens is 320 g/mol. The number of amides is 1. The summed E-state index contributed by atoms with van der Waals surface area (Å²) in [5.41, 5.74) is 2.43. The minimum atomic E-state index is -0.394. The molecule has 1 amide bonds. The van der Waals surface area contributed by atoms with E-state index in [2.05, 4.69) is 30.7 Å². The highest BCUT2D eigenvalue weighted by Crippen LogP contribution is 2.18. The lowest BCUT2D eigenvalue weighted by molar-refractivity contribution is 0.0953. The second-order valence-corrected chi connectivity index (χ2v) is 5.07. The van der Waals surface area contributed by atoms with Crippen molar-refractivity contribution in [3.63, 3.8) is 0 Å². The summed E-state index contributed by atoms with van der Waals surface area (Å²) in [6.45, 7) is -0.0580. The summed E-state index contributed by atoms with van der Waals surface area (Å²) in [6, 6.07) is 6.92. The molecule has 0 aliphatic heterocycles. The van der Waals surface area contributed by atoms with Crippen LogP contribution in [0.15, 0.2) is 43.0 Å². The Hall–Kier alpha value is -3.80. The lowest BCUT2D eigenvalue weighted by Gasteiger charge is -2.05. The minimum Gasteiger partial charge on any atom is -0.338 e. The van der Waals surface area contributed by atoms with Gasteiger partial charge in [-0.2, -0.15) is 10.4 Å². The molecule has 0 aliphatic carbocycles. The van der Waals surface area contributed by atoms with Crippen molar-refractivity contribution >= 4 is 17.5 Å². The van der Waals surface area contributed by atoms with Crippen molar-refractivity contribution in [2.75, 3.05) is 11.9 Å². The summed E-state index contributed by atoms with van der Waals surface area (Å²) >= 11 is 0. The maximum absolute atomic E-state index is 11.7. The van der Waals surface area contributed by atoms with Gasteiger partial charge >= 0.3 is 0 Å². The van der Waals surface area contributed by atoms with Crippen LogP contribution >= 0.6 is 0 Å². The molecule has 0 unspecified atom stereocenters. The average Bonchev–Trinajstić information content (AvgIpc) is 3.05. The zero-order valence-corrected chi connectivity index (χ0v) is 13.3. The summed E-state index contributed by atoms with van der Waals surface area (Å²) in [5, 5.41) is 18.1. The molecule has 0 spiro atoms. The van der Waals surface area contributed by atoms with E-state index in [1.807, 2.05) is 19.3 Å². The van der Waals surface area contributed by atoms with Gasteiger partial charge in [-0.3, -0.25) is 14.5 Å². The van der Waals surface area contributed by atoms with Gasteiger partial charge in [-0.25, -0.2) is 9.97 Å². The molecule has 9 nitrogen and oxygen atoms in total. The molecule has 0 aromatic carbocycles. The standard InChI is InChI=1S/C16H14N8O/c1-24-10-12(9-21-24)22-16-19-6-4-13(23-16)11-2-3-14(20-8-11)15(25)18-7-5-17/h2-4,6,8-10H,7H2,1H3,(H,18,25)(H,19,22,23). The Morgan fingerprint density at radius 1 is 1.28 bits per heavy atom. The first-order valence-corrected chi connectivity index (χ1v) is 7.36. The number of nitrogens with zero attached hydrogens (tertiary/aromatic N) is 6. The quantitative estimate of drug-likeness (QED) is 0.674. The number of hydrogen-bond donors (Lipinski definition) is 2. The van der Waals surface area contributed by atoms with Crippen LogP contribution in [0.4, 0.5) is 11.6 Å². The predicted octanol–water partition coefficient (Wildman–Crippen LogP) is 1.27. The molecule has 0 atom stereocenters. The van der Waals surface area contributed by atoms with Crippen molar-refractivity contribution in [3.05, 3.63) is 48.7 Å². The Bertz CT molecular complexity index is 926. The number of aromatic nitrogens is 5. The van der Waals surface area contributed by atoms with Crippen LogP contribution in [0.1, 0.15) is 10.5 Å². The van der Waals surface area contributed by atoms with Crippen LogP contribution < -0.4 is 10.6 Å². The molecule has 0 aliphatic rings. The molecule has 3 rings (SSSR count). The number of rotatable bonds is 5. The topological polar surface area (TPSA) is 121 Å². The largest absolute Gasteiger partial charge is 0.338 e. The van der Waals surface area contributed by atoms with Gasteiger partial charge in [0.15, 0.2) is 0 Å². The highest BCUT2D eigenvalue weighted by molar-refractivity contribution is 5.92. The molecule has 0 saturated carbocycles. The van der Waals surface area contributed by atoms with Gasteiger partial charge in [-0.15, -0.1) is 0 Å². The number of carbonyl (C=O) groups is 1. The number of nitriles is 1. The zero-order valence-electron chi connectivity index (χ0n) is 13.3. The van der Waals surface area contributed by atoms with Crippen molar-refractivity contribution in [1.29, 1.82) is 5.26 Å². The van der Waals surface area contributed by atoms with Gasteiger partial charge in [0.1, 0.15) is 12.2 Å². The Balaban J connectivity index is 1.76. The predicted molar refractivity (Wildman–Crippen MR) is 89.7 cm³/mol. The van der Waals surface area contributed by atoms with Crippen LogP contribution in [0.3, 0.4) is 0 Å². The highest BCUT2D eigenvalue weighted by Gasteiger charge is 2.08. The molecule has 3 aromatic rings. The van der Waals surface area contributed by atoms with Crippen molar-refractivity contribution < 1.29 is 4.79 Å². The third-order valence-electron chi connectivity index (χ3n) is 3.24. The second kappa shape index (κ2) is 7.18. The van der Waals surface area contributed by atoms with Crippen LogP contribution in [-0.2, 0) is 7.05 Å². The molecule has 2 N–H and O–H groups in total. The van der Waals surface area contributed by atoms with Crippen molar-refractivity contribution in [2.45, 2.75) is 0 Å². The number of nitrogens with one attached hydrogen (secondary N) is 2. The molecule has 9 heteroatoms. The van der Waals surface area contributed by atoms with E-state index in [0.29, 0.717) is 11.6 Å². The fraction of sp³-hybridized carbons (Fsp3) is 0.125. The van der Waals surface area contributed by atoms with Crippen LogP contribution in [0.2, 0.25) is 0 Å². The molecule has 3 heterocycles. The molecule has 25 heavy (non-hydrogen) atoms. The van der Waals surface area contributed by atoms with Crippen molar-refractivity contribution in [2.24, 2.45) is 7.05 Å². The van der Waals surface area contributed by atoms with Gasteiger partial charge in [-0.05, 0) is 18.2 Å². The van der Waals surface area contributed by atoms with E-state index in [1.54, 1.807) is 41.5 Å². The summed E-state index contributed by atoms with van der Waals surface area (Å²) < 4.78 is 1.67. The summed E-state index contributed by atoms with van der Waals surface area (Å²) in [5.74, 6) is 0.0380. The first kappa shape index (κ1) is 16.1. The van der Waals surface area contributed by atoms with Gasteiger partial charge in [0, 0.05) is 31.2 Å². The molecule has 0 radical (unpaired) electrons. The normalized spacial score (nSPS) is 10.1. The lowest BCUT2D eigenvalue weighted by atomic mass is 10.2. The Kier molecular flexibility index (Phi) is 4.62. The number of hydrogen-bond acceptors (Lipinski definition) is 7. The SMILES string of the molecule is Cn1cc(Nc2nccc(-c3ccc(C(=O)NCC#N)nc3)n2)cn1. The number of carbonyl (C=O) groups excluding carboxylic acids is 1. The Morgan fingerprint density at radius 2 is 2.16 bits per heavy atom. The maximum Gasteiger partial charge on any atom is 0.270 e. The fourth-order valence-electron chi connectivity index (χ4n) is 2.08.